The lowest BCUT2D eigenvalue weighted by atomic mass is 9.99. The second-order valence-corrected chi connectivity index (χ2v) is 7.60. The summed E-state index contributed by atoms with van der Waals surface area (Å²) >= 11 is 0. The van der Waals surface area contributed by atoms with Gasteiger partial charge in [-0.15, -0.1) is 0 Å². The van der Waals surface area contributed by atoms with E-state index in [2.05, 4.69) is 5.32 Å². The van der Waals surface area contributed by atoms with Gasteiger partial charge in [0.15, 0.2) is 0 Å². The molecule has 1 aliphatic heterocycles. The second kappa shape index (κ2) is 4.37. The van der Waals surface area contributed by atoms with Crippen LogP contribution in [0.1, 0.15) is 46.5 Å². The lowest BCUT2D eigenvalue weighted by molar-refractivity contribution is 0.00479. The van der Waals surface area contributed by atoms with Gasteiger partial charge in [-0.1, -0.05) is 0 Å². The zero-order valence-corrected chi connectivity index (χ0v) is 12.4. The summed E-state index contributed by atoms with van der Waals surface area (Å²) in [5.41, 5.74) is 0.256. The zero-order valence-electron chi connectivity index (χ0n) is 12.4. The van der Waals surface area contributed by atoms with Gasteiger partial charge in [-0.3, -0.25) is 0 Å². The number of likely N-dealkylation sites (tertiary alicyclic amines) is 1. The number of carbonyl (C=O) groups excluding carboxylic acids is 1. The van der Waals surface area contributed by atoms with Crippen molar-refractivity contribution in [1.29, 1.82) is 0 Å². The fourth-order valence-electron chi connectivity index (χ4n) is 3.02. The van der Waals surface area contributed by atoms with E-state index in [1.165, 1.54) is 25.7 Å². The van der Waals surface area contributed by atoms with Crippen LogP contribution in [0.2, 0.25) is 0 Å². The normalized spacial score (nSPS) is 25.9. The number of nitrogens with one attached hydrogen (secondary N) is 1. The third-order valence-electron chi connectivity index (χ3n) is 4.61. The van der Waals surface area contributed by atoms with Gasteiger partial charge in [0.1, 0.15) is 5.60 Å². The van der Waals surface area contributed by atoms with Crippen LogP contribution in [0, 0.1) is 11.3 Å². The molecule has 108 valence electrons. The van der Waals surface area contributed by atoms with E-state index >= 15 is 0 Å². The van der Waals surface area contributed by atoms with Crippen molar-refractivity contribution in [3.63, 3.8) is 0 Å². The zero-order chi connectivity index (χ0) is 13.7. The molecule has 0 aromatic carbocycles. The first-order valence-corrected chi connectivity index (χ1v) is 7.59. The Kier molecular flexibility index (Phi) is 3.04. The molecule has 19 heavy (non-hydrogen) atoms. The highest BCUT2D eigenvalue weighted by molar-refractivity contribution is 5.69. The van der Waals surface area contributed by atoms with Crippen LogP contribution in [0.4, 0.5) is 4.79 Å². The first kappa shape index (κ1) is 13.2. The summed E-state index contributed by atoms with van der Waals surface area (Å²) in [5, 5.41) is 3.64. The predicted octanol–water partition coefficient (Wildman–Crippen LogP) is 2.39. The van der Waals surface area contributed by atoms with Crippen molar-refractivity contribution in [2.45, 2.75) is 58.1 Å². The van der Waals surface area contributed by atoms with E-state index in [1.54, 1.807) is 4.90 Å². The van der Waals surface area contributed by atoms with Gasteiger partial charge in [0.25, 0.3) is 0 Å². The number of amides is 1. The third-order valence-corrected chi connectivity index (χ3v) is 4.61. The molecule has 4 heteroatoms. The Labute approximate surface area is 115 Å². The van der Waals surface area contributed by atoms with E-state index in [1.807, 2.05) is 20.8 Å². The fourth-order valence-corrected chi connectivity index (χ4v) is 3.02. The van der Waals surface area contributed by atoms with Crippen LogP contribution in [-0.2, 0) is 4.74 Å². The van der Waals surface area contributed by atoms with Crippen molar-refractivity contribution in [2.75, 3.05) is 19.6 Å². The summed E-state index contributed by atoms with van der Waals surface area (Å²) in [4.78, 5) is 13.6. The number of hydrogen-bond donors (Lipinski definition) is 1. The van der Waals surface area contributed by atoms with E-state index < -0.39 is 0 Å². The van der Waals surface area contributed by atoms with Gasteiger partial charge >= 0.3 is 6.09 Å². The maximum absolute atomic E-state index is 11.8. The number of ether oxygens (including phenoxy) is 1. The molecule has 0 bridgehead atoms. The molecule has 0 aromatic rings. The number of nitrogens with zero attached hydrogens (tertiary/aromatic N) is 1. The van der Waals surface area contributed by atoms with E-state index in [9.17, 15) is 4.79 Å². The molecule has 1 amide bonds. The SMILES string of the molecule is CC(C)(C)OC(=O)N1CC(NCC2(C3CC3)CC2)C1. The first-order chi connectivity index (χ1) is 8.88. The largest absolute Gasteiger partial charge is 0.444 e. The lowest BCUT2D eigenvalue weighted by Gasteiger charge is -2.40. The molecule has 1 saturated heterocycles. The van der Waals surface area contributed by atoms with Crippen LogP contribution in [-0.4, -0.2) is 42.3 Å². The molecule has 0 aromatic heterocycles. The summed E-state index contributed by atoms with van der Waals surface area (Å²) in [7, 11) is 0. The van der Waals surface area contributed by atoms with Crippen LogP contribution in [0.3, 0.4) is 0 Å². The van der Waals surface area contributed by atoms with Gasteiger partial charge in [0.05, 0.1) is 0 Å². The number of rotatable bonds is 4. The molecule has 0 atom stereocenters. The maximum Gasteiger partial charge on any atom is 0.410 e. The first-order valence-electron chi connectivity index (χ1n) is 7.59. The number of hydrogen-bond acceptors (Lipinski definition) is 3. The van der Waals surface area contributed by atoms with E-state index in [0.717, 1.165) is 25.6 Å². The highest BCUT2D eigenvalue weighted by Gasteiger charge is 2.53. The minimum atomic E-state index is -0.389. The molecule has 3 rings (SSSR count). The molecule has 0 spiro atoms. The molecular weight excluding hydrogens is 240 g/mol. The van der Waals surface area contributed by atoms with Gasteiger partial charge in [-0.05, 0) is 57.8 Å². The van der Waals surface area contributed by atoms with Crippen molar-refractivity contribution >= 4 is 6.09 Å². The lowest BCUT2D eigenvalue weighted by Crippen LogP contribution is -2.61. The predicted molar refractivity (Wildman–Crippen MR) is 74.0 cm³/mol. The summed E-state index contributed by atoms with van der Waals surface area (Å²) in [5.74, 6) is 1.00. The van der Waals surface area contributed by atoms with Gasteiger partial charge in [-0.25, -0.2) is 4.79 Å². The quantitative estimate of drug-likeness (QED) is 0.849. The van der Waals surface area contributed by atoms with Crippen molar-refractivity contribution in [1.82, 2.24) is 10.2 Å². The van der Waals surface area contributed by atoms with Crippen LogP contribution < -0.4 is 5.32 Å². The molecular formula is C15H26N2O2. The standard InChI is InChI=1S/C15H26N2O2/c1-14(2,3)19-13(18)17-8-12(9-17)16-10-15(6-7-15)11-4-5-11/h11-12,16H,4-10H2,1-3H3. The van der Waals surface area contributed by atoms with E-state index in [4.69, 9.17) is 4.74 Å². The van der Waals surface area contributed by atoms with Crippen LogP contribution in [0.5, 0.6) is 0 Å². The summed E-state index contributed by atoms with van der Waals surface area (Å²) in [6.45, 7) is 8.49. The summed E-state index contributed by atoms with van der Waals surface area (Å²) in [6, 6.07) is 0.476. The van der Waals surface area contributed by atoms with Crippen molar-refractivity contribution in [2.24, 2.45) is 11.3 Å². The van der Waals surface area contributed by atoms with Crippen LogP contribution in [0.25, 0.3) is 0 Å². The average molecular weight is 266 g/mol. The molecule has 3 aliphatic rings. The van der Waals surface area contributed by atoms with Gasteiger partial charge < -0.3 is 15.0 Å². The molecule has 0 unspecified atom stereocenters. The van der Waals surface area contributed by atoms with Gasteiger partial charge in [0, 0.05) is 25.7 Å². The van der Waals surface area contributed by atoms with Crippen LogP contribution >= 0.6 is 0 Å². The Morgan fingerprint density at radius 3 is 2.42 bits per heavy atom. The minimum Gasteiger partial charge on any atom is -0.444 e. The maximum atomic E-state index is 11.8. The Morgan fingerprint density at radius 2 is 1.95 bits per heavy atom. The molecule has 2 aliphatic carbocycles. The molecule has 1 N–H and O–H groups in total. The number of carbonyl (C=O) groups is 1. The molecule has 4 nitrogen and oxygen atoms in total. The monoisotopic (exact) mass is 266 g/mol. The summed E-state index contributed by atoms with van der Waals surface area (Å²) < 4.78 is 5.36. The molecule has 2 saturated carbocycles. The topological polar surface area (TPSA) is 41.6 Å². The smallest absolute Gasteiger partial charge is 0.410 e. The Bertz CT molecular complexity index is 361. The van der Waals surface area contributed by atoms with Crippen molar-refractivity contribution in [3.05, 3.63) is 0 Å². The third kappa shape index (κ3) is 3.04. The highest BCUT2D eigenvalue weighted by Crippen LogP contribution is 2.60. The van der Waals surface area contributed by atoms with Gasteiger partial charge in [0.2, 0.25) is 0 Å². The Morgan fingerprint density at radius 1 is 1.32 bits per heavy atom. The van der Waals surface area contributed by atoms with E-state index in [-0.39, 0.29) is 11.7 Å². The van der Waals surface area contributed by atoms with Crippen molar-refractivity contribution < 1.29 is 9.53 Å². The molecule has 1 heterocycles. The average Bonchev–Trinajstić information content (AvgIpc) is 3.08. The Hall–Kier alpha value is -0.770. The van der Waals surface area contributed by atoms with Crippen LogP contribution in [0.15, 0.2) is 0 Å². The fraction of sp³-hybridized carbons (Fsp3) is 0.933. The van der Waals surface area contributed by atoms with Crippen molar-refractivity contribution in [3.8, 4) is 0 Å². The second-order valence-electron chi connectivity index (χ2n) is 7.60. The minimum absolute atomic E-state index is 0.172. The van der Waals surface area contributed by atoms with E-state index in [0.29, 0.717) is 11.5 Å². The highest BCUT2D eigenvalue weighted by atomic mass is 16.6. The Balaban J connectivity index is 1.35. The summed E-state index contributed by atoms with van der Waals surface area (Å²) in [6.07, 6.45) is 5.53. The molecule has 3 fully saturated rings. The van der Waals surface area contributed by atoms with Gasteiger partial charge in [-0.2, -0.15) is 0 Å². The molecule has 0 radical (unpaired) electrons.